The van der Waals surface area contributed by atoms with Crippen molar-refractivity contribution in [2.75, 3.05) is 13.1 Å². The molecule has 0 saturated heterocycles. The molecule has 1 amide bonds. The lowest BCUT2D eigenvalue weighted by Gasteiger charge is -2.16. The summed E-state index contributed by atoms with van der Waals surface area (Å²) in [4.78, 5) is 11.7. The molecule has 1 aliphatic carbocycles. The molecule has 20 heavy (non-hydrogen) atoms. The van der Waals surface area contributed by atoms with E-state index in [-0.39, 0.29) is 30.2 Å². The van der Waals surface area contributed by atoms with Gasteiger partial charge >= 0.3 is 0 Å². The molecule has 2 rings (SSSR count). The van der Waals surface area contributed by atoms with Gasteiger partial charge in [0.25, 0.3) is 0 Å². The number of halogens is 3. The molecule has 112 valence electrons. The number of hydrogen-bond acceptors (Lipinski definition) is 2. The maximum Gasteiger partial charge on any atom is 0.234 e. The van der Waals surface area contributed by atoms with Gasteiger partial charge in [0.2, 0.25) is 5.91 Å². The normalized spacial score (nSPS) is 15.3. The number of benzene rings is 1. The van der Waals surface area contributed by atoms with Crippen LogP contribution in [-0.4, -0.2) is 19.0 Å². The lowest BCUT2D eigenvalue weighted by Crippen LogP contribution is -2.36. The second kappa shape index (κ2) is 7.81. The minimum Gasteiger partial charge on any atom is -0.348 e. The van der Waals surface area contributed by atoms with E-state index in [0.29, 0.717) is 11.6 Å². The van der Waals surface area contributed by atoms with Crippen molar-refractivity contribution < 1.29 is 9.18 Å². The highest BCUT2D eigenvalue weighted by molar-refractivity contribution is 6.31. The van der Waals surface area contributed by atoms with Crippen molar-refractivity contribution in [2.45, 2.75) is 25.8 Å². The van der Waals surface area contributed by atoms with E-state index in [2.05, 4.69) is 10.6 Å². The Bertz CT molecular complexity index is 466. The standard InChI is InChI=1S/C14H18ClFN2O.ClH/c1-9(12-5-4-11(16)6-13(12)15)18-14(19)8-17-7-10-2-3-10;/h4-6,9-10,17H,2-3,7-8H2,1H3,(H,18,19);1H. The van der Waals surface area contributed by atoms with Crippen molar-refractivity contribution in [3.8, 4) is 0 Å². The van der Waals surface area contributed by atoms with Gasteiger partial charge in [-0.1, -0.05) is 17.7 Å². The number of amides is 1. The van der Waals surface area contributed by atoms with E-state index in [1.54, 1.807) is 6.07 Å². The Morgan fingerprint density at radius 2 is 2.20 bits per heavy atom. The van der Waals surface area contributed by atoms with Gasteiger partial charge in [0.15, 0.2) is 0 Å². The van der Waals surface area contributed by atoms with Crippen LogP contribution in [-0.2, 0) is 4.79 Å². The van der Waals surface area contributed by atoms with Crippen LogP contribution in [0, 0.1) is 11.7 Å². The molecule has 1 aliphatic rings. The Kier molecular flexibility index (Phi) is 6.72. The van der Waals surface area contributed by atoms with Gasteiger partial charge in [-0.2, -0.15) is 0 Å². The number of hydrogen-bond donors (Lipinski definition) is 2. The van der Waals surface area contributed by atoms with Crippen molar-refractivity contribution in [3.63, 3.8) is 0 Å². The van der Waals surface area contributed by atoms with Gasteiger partial charge < -0.3 is 10.6 Å². The van der Waals surface area contributed by atoms with Crippen LogP contribution in [0.5, 0.6) is 0 Å². The van der Waals surface area contributed by atoms with Crippen molar-refractivity contribution in [2.24, 2.45) is 5.92 Å². The predicted octanol–water partition coefficient (Wildman–Crippen LogP) is 3.08. The summed E-state index contributed by atoms with van der Waals surface area (Å²) in [6, 6.07) is 3.96. The first-order chi connectivity index (χ1) is 9.06. The molecular formula is C14H19Cl2FN2O. The molecule has 6 heteroatoms. The van der Waals surface area contributed by atoms with Crippen molar-refractivity contribution >= 4 is 29.9 Å². The van der Waals surface area contributed by atoms with E-state index >= 15 is 0 Å². The summed E-state index contributed by atoms with van der Waals surface area (Å²) in [5, 5.41) is 6.30. The first-order valence-electron chi connectivity index (χ1n) is 6.51. The lowest BCUT2D eigenvalue weighted by atomic mass is 10.1. The van der Waals surface area contributed by atoms with E-state index in [0.717, 1.165) is 18.0 Å². The van der Waals surface area contributed by atoms with Crippen molar-refractivity contribution in [1.29, 1.82) is 0 Å². The summed E-state index contributed by atoms with van der Waals surface area (Å²) >= 11 is 5.96. The van der Waals surface area contributed by atoms with E-state index < -0.39 is 0 Å². The second-order valence-electron chi connectivity index (χ2n) is 5.03. The molecule has 1 unspecified atom stereocenters. The molecule has 1 aromatic rings. The molecule has 2 N–H and O–H groups in total. The summed E-state index contributed by atoms with van der Waals surface area (Å²) in [6.07, 6.45) is 2.52. The predicted molar refractivity (Wildman–Crippen MR) is 80.8 cm³/mol. The second-order valence-corrected chi connectivity index (χ2v) is 5.44. The molecule has 0 bridgehead atoms. The van der Waals surface area contributed by atoms with Crippen LogP contribution in [0.3, 0.4) is 0 Å². The summed E-state index contributed by atoms with van der Waals surface area (Å²) in [5.41, 5.74) is 0.721. The fourth-order valence-electron chi connectivity index (χ4n) is 1.93. The Hall–Kier alpha value is -0.840. The molecule has 0 spiro atoms. The average molecular weight is 321 g/mol. The summed E-state index contributed by atoms with van der Waals surface area (Å²) < 4.78 is 12.9. The Balaban J connectivity index is 0.00000200. The molecule has 0 radical (unpaired) electrons. The average Bonchev–Trinajstić information content (AvgIpc) is 3.12. The summed E-state index contributed by atoms with van der Waals surface area (Å²) in [6.45, 7) is 3.04. The summed E-state index contributed by atoms with van der Waals surface area (Å²) in [7, 11) is 0. The zero-order valence-electron chi connectivity index (χ0n) is 11.3. The quantitative estimate of drug-likeness (QED) is 0.845. The highest BCUT2D eigenvalue weighted by Gasteiger charge is 2.21. The van der Waals surface area contributed by atoms with Crippen molar-refractivity contribution in [1.82, 2.24) is 10.6 Å². The van der Waals surface area contributed by atoms with Gasteiger partial charge in [0, 0.05) is 5.02 Å². The Morgan fingerprint density at radius 3 is 2.80 bits per heavy atom. The van der Waals surface area contributed by atoms with Crippen LogP contribution in [0.4, 0.5) is 4.39 Å². The molecule has 1 aromatic carbocycles. The van der Waals surface area contributed by atoms with E-state index in [4.69, 9.17) is 11.6 Å². The Labute approximate surface area is 129 Å². The Morgan fingerprint density at radius 1 is 1.50 bits per heavy atom. The third-order valence-corrected chi connectivity index (χ3v) is 3.55. The topological polar surface area (TPSA) is 41.1 Å². The first kappa shape index (κ1) is 17.2. The minimum absolute atomic E-state index is 0. The number of rotatable bonds is 6. The van der Waals surface area contributed by atoms with Crippen molar-refractivity contribution in [3.05, 3.63) is 34.6 Å². The molecule has 0 heterocycles. The molecule has 1 saturated carbocycles. The maximum atomic E-state index is 12.9. The molecule has 0 aliphatic heterocycles. The monoisotopic (exact) mass is 320 g/mol. The minimum atomic E-state index is -0.377. The van der Waals surface area contributed by atoms with Gasteiger partial charge in [-0.3, -0.25) is 4.79 Å². The fourth-order valence-corrected chi connectivity index (χ4v) is 2.27. The molecular weight excluding hydrogens is 302 g/mol. The van der Waals surface area contributed by atoms with E-state index in [1.807, 2.05) is 6.92 Å². The van der Waals surface area contributed by atoms with Gasteiger partial charge in [-0.05, 0) is 49.9 Å². The van der Waals surface area contributed by atoms with E-state index in [9.17, 15) is 9.18 Å². The SMILES string of the molecule is CC(NC(=O)CNCC1CC1)c1ccc(F)cc1Cl.Cl. The van der Waals surface area contributed by atoms with Crippen LogP contribution in [0.1, 0.15) is 31.4 Å². The lowest BCUT2D eigenvalue weighted by molar-refractivity contribution is -0.120. The highest BCUT2D eigenvalue weighted by atomic mass is 35.5. The fraction of sp³-hybridized carbons (Fsp3) is 0.500. The maximum absolute atomic E-state index is 12.9. The largest absolute Gasteiger partial charge is 0.348 e. The van der Waals surface area contributed by atoms with Crippen LogP contribution < -0.4 is 10.6 Å². The zero-order chi connectivity index (χ0) is 13.8. The number of nitrogens with one attached hydrogen (secondary N) is 2. The number of carbonyl (C=O) groups is 1. The van der Waals surface area contributed by atoms with Gasteiger partial charge in [-0.25, -0.2) is 4.39 Å². The summed E-state index contributed by atoms with van der Waals surface area (Å²) in [5.74, 6) is 0.295. The third kappa shape index (κ3) is 5.27. The zero-order valence-corrected chi connectivity index (χ0v) is 12.9. The highest BCUT2D eigenvalue weighted by Crippen LogP contribution is 2.27. The van der Waals surface area contributed by atoms with Gasteiger partial charge in [0.1, 0.15) is 5.82 Å². The molecule has 0 aromatic heterocycles. The molecule has 1 fully saturated rings. The smallest absolute Gasteiger partial charge is 0.234 e. The molecule has 1 atom stereocenters. The third-order valence-electron chi connectivity index (χ3n) is 3.22. The first-order valence-corrected chi connectivity index (χ1v) is 6.89. The molecule has 3 nitrogen and oxygen atoms in total. The van der Waals surface area contributed by atoms with Gasteiger partial charge in [-0.15, -0.1) is 12.4 Å². The van der Waals surface area contributed by atoms with Crippen LogP contribution in [0.15, 0.2) is 18.2 Å². The van der Waals surface area contributed by atoms with Crippen LogP contribution in [0.2, 0.25) is 5.02 Å². The van der Waals surface area contributed by atoms with Gasteiger partial charge in [0.05, 0.1) is 12.6 Å². The van der Waals surface area contributed by atoms with Crippen LogP contribution >= 0.6 is 24.0 Å². The van der Waals surface area contributed by atoms with Crippen LogP contribution in [0.25, 0.3) is 0 Å². The number of carbonyl (C=O) groups excluding carboxylic acids is 1. The van der Waals surface area contributed by atoms with E-state index in [1.165, 1.54) is 25.0 Å².